The van der Waals surface area contributed by atoms with Crippen LogP contribution in [0.5, 0.6) is 0 Å². The van der Waals surface area contributed by atoms with Crippen LogP contribution in [0.1, 0.15) is 19.4 Å². The molecule has 1 N–H and O–H groups in total. The first-order valence-electron chi connectivity index (χ1n) is 10.3. The van der Waals surface area contributed by atoms with Crippen LogP contribution >= 0.6 is 12.2 Å². The number of piperazine rings is 1. The maximum Gasteiger partial charge on any atom is 0.243 e. The average Bonchev–Trinajstić information content (AvgIpc) is 2.76. The van der Waals surface area contributed by atoms with Crippen LogP contribution in [0.2, 0.25) is 0 Å². The summed E-state index contributed by atoms with van der Waals surface area (Å²) < 4.78 is 27.2. The van der Waals surface area contributed by atoms with Crippen LogP contribution in [0.15, 0.2) is 53.4 Å². The van der Waals surface area contributed by atoms with Crippen LogP contribution in [0.3, 0.4) is 0 Å². The van der Waals surface area contributed by atoms with Crippen LogP contribution in [0, 0.1) is 6.92 Å². The lowest BCUT2D eigenvalue weighted by Crippen LogP contribution is -2.50. The molecule has 162 valence electrons. The van der Waals surface area contributed by atoms with E-state index in [0.29, 0.717) is 18.2 Å². The molecule has 0 aromatic heterocycles. The highest BCUT2D eigenvalue weighted by Gasteiger charge is 2.23. The van der Waals surface area contributed by atoms with Gasteiger partial charge < -0.3 is 15.1 Å². The second-order valence-corrected chi connectivity index (χ2v) is 9.63. The molecule has 0 radical (unpaired) electrons. The number of rotatable bonds is 6. The Hall–Kier alpha value is -2.16. The van der Waals surface area contributed by atoms with Crippen LogP contribution in [-0.2, 0) is 10.0 Å². The minimum Gasteiger partial charge on any atom is -0.368 e. The lowest BCUT2D eigenvalue weighted by Gasteiger charge is -2.37. The number of para-hydroxylation sites is 1. The van der Waals surface area contributed by atoms with Gasteiger partial charge in [0, 0.05) is 50.6 Å². The number of hydrogen-bond donors (Lipinski definition) is 1. The predicted octanol–water partition coefficient (Wildman–Crippen LogP) is 3.54. The molecule has 0 spiro atoms. The van der Waals surface area contributed by atoms with Gasteiger partial charge in [0.05, 0.1) is 4.90 Å². The van der Waals surface area contributed by atoms with Crippen molar-refractivity contribution < 1.29 is 8.42 Å². The van der Waals surface area contributed by atoms with E-state index in [1.807, 2.05) is 32.9 Å². The maximum absolute atomic E-state index is 12.9. The Balaban J connectivity index is 1.68. The molecule has 2 aromatic rings. The summed E-state index contributed by atoms with van der Waals surface area (Å²) in [5.41, 5.74) is 2.92. The number of nitrogens with zero attached hydrogens (tertiary/aromatic N) is 3. The Morgan fingerprint density at radius 1 is 1.03 bits per heavy atom. The van der Waals surface area contributed by atoms with E-state index in [2.05, 4.69) is 39.4 Å². The summed E-state index contributed by atoms with van der Waals surface area (Å²) in [6.07, 6.45) is 0. The fourth-order valence-corrected chi connectivity index (χ4v) is 5.39. The zero-order valence-electron chi connectivity index (χ0n) is 17.8. The molecule has 1 aliphatic heterocycles. The van der Waals surface area contributed by atoms with Crippen LogP contribution in [0.25, 0.3) is 0 Å². The minimum absolute atomic E-state index is 0.288. The molecular weight excluding hydrogens is 416 g/mol. The van der Waals surface area contributed by atoms with Crippen molar-refractivity contribution in [2.75, 3.05) is 49.5 Å². The molecule has 0 saturated carbocycles. The van der Waals surface area contributed by atoms with Crippen LogP contribution in [-0.4, -0.2) is 62.0 Å². The Morgan fingerprint density at radius 2 is 1.67 bits per heavy atom. The summed E-state index contributed by atoms with van der Waals surface area (Å²) in [5, 5.41) is 3.91. The Kier molecular flexibility index (Phi) is 7.33. The lowest BCUT2D eigenvalue weighted by molar-refractivity contribution is 0.391. The number of benzene rings is 2. The summed E-state index contributed by atoms with van der Waals surface area (Å²) in [7, 11) is -3.51. The second-order valence-electron chi connectivity index (χ2n) is 7.31. The number of nitrogens with one attached hydrogen (secondary N) is 1. The fraction of sp³-hybridized carbons (Fsp3) is 0.409. The van der Waals surface area contributed by atoms with Gasteiger partial charge in [-0.1, -0.05) is 38.1 Å². The molecule has 1 aliphatic rings. The average molecular weight is 447 g/mol. The van der Waals surface area contributed by atoms with E-state index in [-0.39, 0.29) is 4.90 Å². The zero-order chi connectivity index (χ0) is 21.7. The highest BCUT2D eigenvalue weighted by Crippen LogP contribution is 2.24. The standard InChI is InChI=1S/C22H30N4O2S2/c1-4-26(5-2)30(27,28)20-12-11-18(3)21(17-20)23-22(29)25-15-13-24(14-16-25)19-9-7-6-8-10-19/h6-12,17H,4-5,13-16H2,1-3H3,(H,23,29). The largest absolute Gasteiger partial charge is 0.368 e. The molecule has 3 rings (SSSR count). The third-order valence-electron chi connectivity index (χ3n) is 5.48. The second kappa shape index (κ2) is 9.76. The van der Waals surface area contributed by atoms with E-state index < -0.39 is 10.0 Å². The minimum atomic E-state index is -3.51. The van der Waals surface area contributed by atoms with Crippen molar-refractivity contribution >= 4 is 38.7 Å². The monoisotopic (exact) mass is 446 g/mol. The molecule has 8 heteroatoms. The first-order valence-corrected chi connectivity index (χ1v) is 12.2. The number of hydrogen-bond acceptors (Lipinski definition) is 4. The molecule has 0 bridgehead atoms. The van der Waals surface area contributed by atoms with E-state index in [1.165, 1.54) is 9.99 Å². The van der Waals surface area contributed by atoms with Crippen molar-refractivity contribution in [1.29, 1.82) is 0 Å². The fourth-order valence-electron chi connectivity index (χ4n) is 3.61. The van der Waals surface area contributed by atoms with Crippen molar-refractivity contribution in [3.05, 3.63) is 54.1 Å². The van der Waals surface area contributed by atoms with Gasteiger partial charge in [0.2, 0.25) is 10.0 Å². The zero-order valence-corrected chi connectivity index (χ0v) is 19.5. The summed E-state index contributed by atoms with van der Waals surface area (Å²) in [4.78, 5) is 4.78. The summed E-state index contributed by atoms with van der Waals surface area (Å²) in [6.45, 7) is 9.94. The molecule has 0 amide bonds. The SMILES string of the molecule is CCN(CC)S(=O)(=O)c1ccc(C)c(NC(=S)N2CCN(c3ccccc3)CC2)c1. The van der Waals surface area contributed by atoms with Crippen molar-refractivity contribution in [2.24, 2.45) is 0 Å². The predicted molar refractivity (Wildman–Crippen MR) is 128 cm³/mol. The Morgan fingerprint density at radius 3 is 2.27 bits per heavy atom. The van der Waals surface area contributed by atoms with Gasteiger partial charge in [0.15, 0.2) is 5.11 Å². The van der Waals surface area contributed by atoms with Gasteiger partial charge in [0.25, 0.3) is 0 Å². The van der Waals surface area contributed by atoms with Crippen molar-refractivity contribution in [3.8, 4) is 0 Å². The van der Waals surface area contributed by atoms with Gasteiger partial charge in [-0.15, -0.1) is 0 Å². The van der Waals surface area contributed by atoms with E-state index in [9.17, 15) is 8.42 Å². The number of sulfonamides is 1. The van der Waals surface area contributed by atoms with Gasteiger partial charge in [-0.25, -0.2) is 8.42 Å². The van der Waals surface area contributed by atoms with E-state index in [0.717, 1.165) is 37.4 Å². The van der Waals surface area contributed by atoms with E-state index >= 15 is 0 Å². The number of thiocarbonyl (C=S) groups is 1. The van der Waals surface area contributed by atoms with Crippen molar-refractivity contribution in [3.63, 3.8) is 0 Å². The number of anilines is 2. The molecule has 1 heterocycles. The molecular formula is C22H30N4O2S2. The van der Waals surface area contributed by atoms with Gasteiger partial charge >= 0.3 is 0 Å². The van der Waals surface area contributed by atoms with Crippen LogP contribution in [0.4, 0.5) is 11.4 Å². The van der Waals surface area contributed by atoms with Gasteiger partial charge in [-0.05, 0) is 49.0 Å². The Bertz CT molecular complexity index is 968. The molecule has 30 heavy (non-hydrogen) atoms. The highest BCUT2D eigenvalue weighted by molar-refractivity contribution is 7.89. The quantitative estimate of drug-likeness (QED) is 0.685. The topological polar surface area (TPSA) is 55.9 Å². The highest BCUT2D eigenvalue weighted by atomic mass is 32.2. The first-order chi connectivity index (χ1) is 14.4. The van der Waals surface area contributed by atoms with Gasteiger partial charge in [-0.3, -0.25) is 0 Å². The summed E-state index contributed by atoms with van der Waals surface area (Å²) >= 11 is 5.64. The third kappa shape index (κ3) is 4.94. The molecule has 0 aliphatic carbocycles. The summed E-state index contributed by atoms with van der Waals surface area (Å²) in [5.74, 6) is 0. The van der Waals surface area contributed by atoms with Crippen LogP contribution < -0.4 is 10.2 Å². The normalized spacial score (nSPS) is 14.8. The molecule has 2 aromatic carbocycles. The maximum atomic E-state index is 12.9. The summed E-state index contributed by atoms with van der Waals surface area (Å²) in [6, 6.07) is 15.6. The van der Waals surface area contributed by atoms with Gasteiger partial charge in [-0.2, -0.15) is 4.31 Å². The smallest absolute Gasteiger partial charge is 0.243 e. The molecule has 1 fully saturated rings. The Labute approximate surface area is 185 Å². The van der Waals surface area contributed by atoms with Gasteiger partial charge in [0.1, 0.15) is 0 Å². The lowest BCUT2D eigenvalue weighted by atomic mass is 10.2. The molecule has 0 atom stereocenters. The molecule has 6 nitrogen and oxygen atoms in total. The number of aryl methyl sites for hydroxylation is 1. The first kappa shape index (κ1) is 22.5. The van der Waals surface area contributed by atoms with Crippen molar-refractivity contribution in [1.82, 2.24) is 9.21 Å². The molecule has 0 unspecified atom stereocenters. The van der Waals surface area contributed by atoms with E-state index in [1.54, 1.807) is 12.1 Å². The third-order valence-corrected chi connectivity index (χ3v) is 7.89. The molecule has 1 saturated heterocycles. The van der Waals surface area contributed by atoms with E-state index in [4.69, 9.17) is 12.2 Å². The van der Waals surface area contributed by atoms with Crippen molar-refractivity contribution in [2.45, 2.75) is 25.7 Å².